The molecule has 1 aromatic carbocycles. The Morgan fingerprint density at radius 2 is 2.12 bits per heavy atom. The lowest BCUT2D eigenvalue weighted by atomic mass is 9.97. The van der Waals surface area contributed by atoms with E-state index in [4.69, 9.17) is 14.2 Å². The molecular weight excluding hydrogens is 426 g/mol. The van der Waals surface area contributed by atoms with E-state index in [1.54, 1.807) is 37.3 Å². The summed E-state index contributed by atoms with van der Waals surface area (Å²) in [7, 11) is 3.28. The number of hydrogen-bond acceptors (Lipinski definition) is 8. The molecule has 1 fully saturated rings. The van der Waals surface area contributed by atoms with Gasteiger partial charge in [0.15, 0.2) is 11.5 Å². The van der Waals surface area contributed by atoms with Crippen molar-refractivity contribution >= 4 is 11.3 Å². The number of pyridine rings is 1. The number of nitrogens with zero attached hydrogens (tertiary/aromatic N) is 3. The molecule has 0 amide bonds. The molecule has 170 valence electrons. The third-order valence-electron chi connectivity index (χ3n) is 5.73. The van der Waals surface area contributed by atoms with Crippen LogP contribution in [0.25, 0.3) is 11.1 Å². The molecule has 1 atom stereocenters. The second-order valence-corrected chi connectivity index (χ2v) is 8.64. The van der Waals surface area contributed by atoms with Gasteiger partial charge in [-0.05, 0) is 55.1 Å². The van der Waals surface area contributed by atoms with Crippen molar-refractivity contribution in [1.82, 2.24) is 14.9 Å². The van der Waals surface area contributed by atoms with E-state index >= 15 is 0 Å². The fourth-order valence-electron chi connectivity index (χ4n) is 4.16. The molecule has 3 aromatic rings. The van der Waals surface area contributed by atoms with Gasteiger partial charge >= 0.3 is 0 Å². The molecule has 0 bridgehead atoms. The number of likely N-dealkylation sites (tertiary alicyclic amines) is 1. The highest BCUT2D eigenvalue weighted by atomic mass is 32.1. The van der Waals surface area contributed by atoms with Crippen LogP contribution < -0.4 is 14.2 Å². The van der Waals surface area contributed by atoms with E-state index in [1.807, 2.05) is 23.6 Å². The zero-order valence-corrected chi connectivity index (χ0v) is 19.3. The normalized spacial score (nSPS) is 16.7. The second kappa shape index (κ2) is 10.8. The van der Waals surface area contributed by atoms with Crippen molar-refractivity contribution < 1.29 is 19.3 Å². The molecule has 3 heterocycles. The first-order valence-corrected chi connectivity index (χ1v) is 11.7. The summed E-state index contributed by atoms with van der Waals surface area (Å²) >= 11 is 1.55. The van der Waals surface area contributed by atoms with Gasteiger partial charge in [-0.1, -0.05) is 0 Å². The molecule has 1 unspecified atom stereocenters. The summed E-state index contributed by atoms with van der Waals surface area (Å²) in [4.78, 5) is 11.1. The fourth-order valence-corrected chi connectivity index (χ4v) is 4.70. The van der Waals surface area contributed by atoms with E-state index < -0.39 is 0 Å². The summed E-state index contributed by atoms with van der Waals surface area (Å²) in [5.74, 6) is 2.26. The molecule has 0 spiro atoms. The number of ether oxygens (including phenoxy) is 3. The SMILES string of the molecule is COc1cc(-c2cccnc2OC)cc(CN2CCCC(CO)C2)c1OCc1cscn1. The van der Waals surface area contributed by atoms with Crippen molar-refractivity contribution in [3.63, 3.8) is 0 Å². The number of methoxy groups -OCH3 is 2. The third-order valence-corrected chi connectivity index (χ3v) is 6.37. The first-order chi connectivity index (χ1) is 15.7. The first-order valence-electron chi connectivity index (χ1n) is 10.7. The lowest BCUT2D eigenvalue weighted by Gasteiger charge is -2.32. The summed E-state index contributed by atoms with van der Waals surface area (Å²) in [6.45, 7) is 3.16. The summed E-state index contributed by atoms with van der Waals surface area (Å²) in [5.41, 5.74) is 5.57. The van der Waals surface area contributed by atoms with Crippen molar-refractivity contribution in [3.8, 4) is 28.5 Å². The van der Waals surface area contributed by atoms with Crippen LogP contribution in [0.3, 0.4) is 0 Å². The quantitative estimate of drug-likeness (QED) is 0.522. The molecule has 1 saturated heterocycles. The second-order valence-electron chi connectivity index (χ2n) is 7.92. The van der Waals surface area contributed by atoms with Gasteiger partial charge in [-0.2, -0.15) is 0 Å². The molecular formula is C24H29N3O4S. The Labute approximate surface area is 192 Å². The van der Waals surface area contributed by atoms with Gasteiger partial charge in [-0.25, -0.2) is 9.97 Å². The van der Waals surface area contributed by atoms with E-state index in [0.717, 1.165) is 54.1 Å². The molecule has 0 saturated carbocycles. The van der Waals surface area contributed by atoms with Crippen LogP contribution in [0.5, 0.6) is 17.4 Å². The number of thiazole rings is 1. The van der Waals surface area contributed by atoms with Crippen LogP contribution in [-0.4, -0.2) is 53.9 Å². The highest BCUT2D eigenvalue weighted by Crippen LogP contribution is 2.40. The van der Waals surface area contributed by atoms with Crippen LogP contribution in [0, 0.1) is 5.92 Å². The number of hydrogen-bond donors (Lipinski definition) is 1. The van der Waals surface area contributed by atoms with Gasteiger partial charge in [0.2, 0.25) is 5.88 Å². The van der Waals surface area contributed by atoms with Crippen LogP contribution in [0.2, 0.25) is 0 Å². The van der Waals surface area contributed by atoms with Crippen LogP contribution in [0.4, 0.5) is 0 Å². The molecule has 2 aromatic heterocycles. The van der Waals surface area contributed by atoms with Crippen molar-refractivity contribution in [2.75, 3.05) is 33.9 Å². The predicted molar refractivity (Wildman–Crippen MR) is 124 cm³/mol. The lowest BCUT2D eigenvalue weighted by Crippen LogP contribution is -2.36. The highest BCUT2D eigenvalue weighted by molar-refractivity contribution is 7.07. The topological polar surface area (TPSA) is 76.9 Å². The van der Waals surface area contributed by atoms with Gasteiger partial charge in [0.25, 0.3) is 0 Å². The monoisotopic (exact) mass is 455 g/mol. The summed E-state index contributed by atoms with van der Waals surface area (Å²) in [6.07, 6.45) is 3.86. The van der Waals surface area contributed by atoms with Gasteiger partial charge in [0.05, 0.1) is 25.4 Å². The molecule has 4 rings (SSSR count). The molecule has 32 heavy (non-hydrogen) atoms. The molecule has 7 nitrogen and oxygen atoms in total. The third kappa shape index (κ3) is 5.20. The van der Waals surface area contributed by atoms with Gasteiger partial charge < -0.3 is 19.3 Å². The Hall–Kier alpha value is -2.68. The minimum absolute atomic E-state index is 0.222. The Morgan fingerprint density at radius 1 is 1.22 bits per heavy atom. The first kappa shape index (κ1) is 22.5. The fraction of sp³-hybridized carbons (Fsp3) is 0.417. The van der Waals surface area contributed by atoms with E-state index in [-0.39, 0.29) is 6.61 Å². The standard InChI is InChI=1S/C24H29N3O4S/c1-29-22-10-18(21-6-3-7-25-24(21)30-2)9-19(12-27-8-4-5-17(11-27)13-28)23(22)31-14-20-15-32-16-26-20/h3,6-7,9-10,15-17,28H,4-5,8,11-14H2,1-2H3. The maximum atomic E-state index is 9.65. The largest absolute Gasteiger partial charge is 0.493 e. The average Bonchev–Trinajstić information content (AvgIpc) is 3.36. The number of aliphatic hydroxyl groups excluding tert-OH is 1. The zero-order chi connectivity index (χ0) is 22.3. The average molecular weight is 456 g/mol. The summed E-state index contributed by atoms with van der Waals surface area (Å²) in [5, 5.41) is 11.6. The number of benzene rings is 1. The number of aromatic nitrogens is 2. The smallest absolute Gasteiger partial charge is 0.221 e. The van der Waals surface area contributed by atoms with Crippen molar-refractivity contribution in [1.29, 1.82) is 0 Å². The Bertz CT molecular complexity index is 1010. The minimum atomic E-state index is 0.222. The van der Waals surface area contributed by atoms with Gasteiger partial charge in [0.1, 0.15) is 6.61 Å². The number of piperidine rings is 1. The van der Waals surface area contributed by atoms with E-state index in [1.165, 1.54) is 0 Å². The van der Waals surface area contributed by atoms with Crippen molar-refractivity contribution in [2.45, 2.75) is 26.0 Å². The summed E-state index contributed by atoms with van der Waals surface area (Å²) < 4.78 is 17.5. The van der Waals surface area contributed by atoms with Crippen LogP contribution in [0.15, 0.2) is 41.4 Å². The molecule has 1 N–H and O–H groups in total. The van der Waals surface area contributed by atoms with Crippen LogP contribution >= 0.6 is 11.3 Å². The van der Waals surface area contributed by atoms with Gasteiger partial charge in [-0.3, -0.25) is 4.90 Å². The maximum Gasteiger partial charge on any atom is 0.221 e. The minimum Gasteiger partial charge on any atom is -0.493 e. The molecule has 0 radical (unpaired) electrons. The van der Waals surface area contributed by atoms with Gasteiger partial charge in [-0.15, -0.1) is 11.3 Å². The van der Waals surface area contributed by atoms with E-state index in [0.29, 0.717) is 30.7 Å². The predicted octanol–water partition coefficient (Wildman–Crippen LogP) is 4.01. The highest BCUT2D eigenvalue weighted by Gasteiger charge is 2.23. The number of rotatable bonds is 9. The molecule has 8 heteroatoms. The number of aliphatic hydroxyl groups is 1. The van der Waals surface area contributed by atoms with Crippen LogP contribution in [-0.2, 0) is 13.2 Å². The lowest BCUT2D eigenvalue weighted by molar-refractivity contribution is 0.114. The Balaban J connectivity index is 1.71. The zero-order valence-electron chi connectivity index (χ0n) is 18.5. The summed E-state index contributed by atoms with van der Waals surface area (Å²) in [6, 6.07) is 7.98. The maximum absolute atomic E-state index is 9.65. The van der Waals surface area contributed by atoms with Crippen molar-refractivity contribution in [3.05, 3.63) is 52.6 Å². The van der Waals surface area contributed by atoms with Crippen LogP contribution in [0.1, 0.15) is 24.1 Å². The van der Waals surface area contributed by atoms with E-state index in [2.05, 4.69) is 20.9 Å². The van der Waals surface area contributed by atoms with Gasteiger partial charge in [0, 0.05) is 42.4 Å². The molecule has 0 aliphatic carbocycles. The molecule has 1 aliphatic rings. The Kier molecular flexibility index (Phi) is 7.57. The van der Waals surface area contributed by atoms with E-state index in [9.17, 15) is 5.11 Å². The molecule has 1 aliphatic heterocycles. The Morgan fingerprint density at radius 3 is 2.88 bits per heavy atom. The van der Waals surface area contributed by atoms with Crippen molar-refractivity contribution in [2.24, 2.45) is 5.92 Å².